The lowest BCUT2D eigenvalue weighted by molar-refractivity contribution is 0.428. The highest BCUT2D eigenvalue weighted by atomic mass is 16.5. The van der Waals surface area contributed by atoms with E-state index in [2.05, 4.69) is 36.4 Å². The van der Waals surface area contributed by atoms with Crippen LogP contribution in [0.5, 0.6) is 5.75 Å². The number of hydrogen-bond acceptors (Lipinski definition) is 1. The summed E-state index contributed by atoms with van der Waals surface area (Å²) in [6, 6.07) is 19.3. The second-order valence-electron chi connectivity index (χ2n) is 4.18. The summed E-state index contributed by atoms with van der Waals surface area (Å²) in [5.74, 6) is 1.72. The zero-order valence-electron chi connectivity index (χ0n) is 9.97. The van der Waals surface area contributed by atoms with Crippen LogP contribution in [0.4, 0.5) is 0 Å². The first kappa shape index (κ1) is 10.8. The van der Waals surface area contributed by atoms with Gasteiger partial charge in [-0.15, -0.1) is 0 Å². The first-order valence-electron chi connectivity index (χ1n) is 6.02. The third-order valence-electron chi connectivity index (χ3n) is 2.88. The molecule has 0 aliphatic carbocycles. The molecule has 0 bridgehead atoms. The van der Waals surface area contributed by atoms with Crippen molar-refractivity contribution in [1.82, 2.24) is 0 Å². The molecular weight excluding hydrogens is 220 g/mol. The van der Waals surface area contributed by atoms with Crippen LogP contribution >= 0.6 is 0 Å². The summed E-state index contributed by atoms with van der Waals surface area (Å²) >= 11 is 0. The van der Waals surface area contributed by atoms with Gasteiger partial charge in [0.1, 0.15) is 11.5 Å². The van der Waals surface area contributed by atoms with E-state index in [1.807, 2.05) is 36.4 Å². The molecule has 0 unspecified atom stereocenters. The van der Waals surface area contributed by atoms with Crippen molar-refractivity contribution in [2.45, 2.75) is 6.42 Å². The molecule has 1 aliphatic rings. The quantitative estimate of drug-likeness (QED) is 0.761. The van der Waals surface area contributed by atoms with Gasteiger partial charge in [-0.05, 0) is 29.7 Å². The van der Waals surface area contributed by atoms with Crippen LogP contribution in [0.1, 0.15) is 11.1 Å². The Morgan fingerprint density at radius 1 is 1.00 bits per heavy atom. The molecule has 0 aromatic heterocycles. The maximum absolute atomic E-state index is 5.77. The van der Waals surface area contributed by atoms with Gasteiger partial charge in [-0.3, -0.25) is 0 Å². The molecule has 0 saturated carbocycles. The third-order valence-corrected chi connectivity index (χ3v) is 2.88. The Bertz CT molecular complexity index is 594. The number of rotatable bonds is 2. The van der Waals surface area contributed by atoms with E-state index in [-0.39, 0.29) is 0 Å². The molecule has 1 heterocycles. The van der Waals surface area contributed by atoms with E-state index in [4.69, 9.17) is 4.74 Å². The van der Waals surface area contributed by atoms with Crippen molar-refractivity contribution in [3.63, 3.8) is 0 Å². The fourth-order valence-corrected chi connectivity index (χ4v) is 1.93. The smallest absolute Gasteiger partial charge is 0.138 e. The van der Waals surface area contributed by atoms with Gasteiger partial charge in [0.05, 0.1) is 0 Å². The van der Waals surface area contributed by atoms with Crippen molar-refractivity contribution < 1.29 is 4.74 Å². The Kier molecular flexibility index (Phi) is 2.97. The van der Waals surface area contributed by atoms with Crippen molar-refractivity contribution in [1.29, 1.82) is 0 Å². The third kappa shape index (κ3) is 2.35. The molecule has 1 heteroatoms. The normalized spacial score (nSPS) is 13.9. The first-order valence-corrected chi connectivity index (χ1v) is 6.02. The zero-order valence-corrected chi connectivity index (χ0v) is 9.97. The highest BCUT2D eigenvalue weighted by molar-refractivity contribution is 5.53. The van der Waals surface area contributed by atoms with Crippen molar-refractivity contribution >= 4 is 6.08 Å². The monoisotopic (exact) mass is 233 g/mol. The highest BCUT2D eigenvalue weighted by Gasteiger charge is 2.09. The molecule has 0 spiro atoms. The van der Waals surface area contributed by atoms with Crippen LogP contribution < -0.4 is 4.74 Å². The van der Waals surface area contributed by atoms with Crippen molar-refractivity contribution in [2.24, 2.45) is 0 Å². The summed E-state index contributed by atoms with van der Waals surface area (Å²) < 4.78 is 5.77. The largest absolute Gasteiger partial charge is 0.457 e. The van der Waals surface area contributed by atoms with Crippen LogP contribution in [0.15, 0.2) is 66.4 Å². The van der Waals surface area contributed by atoms with E-state index in [1.165, 1.54) is 11.1 Å². The van der Waals surface area contributed by atoms with Crippen LogP contribution in [0.3, 0.4) is 0 Å². The molecule has 18 heavy (non-hydrogen) atoms. The maximum atomic E-state index is 5.77. The lowest BCUT2D eigenvalue weighted by Gasteiger charge is -2.15. The summed E-state index contributed by atoms with van der Waals surface area (Å²) in [5, 5.41) is 0. The number of allylic oxidation sites excluding steroid dienone is 2. The SMILES string of the molecule is [c]1cccc2c1OC(/C=C/c1ccccc1)=CC2. The van der Waals surface area contributed by atoms with E-state index >= 15 is 0 Å². The van der Waals surface area contributed by atoms with Gasteiger partial charge in [0, 0.05) is 6.07 Å². The molecule has 0 saturated heterocycles. The number of benzene rings is 2. The molecule has 1 nitrogen and oxygen atoms in total. The fraction of sp³-hybridized carbons (Fsp3) is 0.0588. The Labute approximate surface area is 107 Å². The topological polar surface area (TPSA) is 9.23 Å². The first-order chi connectivity index (χ1) is 8.92. The highest BCUT2D eigenvalue weighted by Crippen LogP contribution is 2.25. The van der Waals surface area contributed by atoms with Gasteiger partial charge < -0.3 is 4.74 Å². The van der Waals surface area contributed by atoms with E-state index in [9.17, 15) is 0 Å². The fourth-order valence-electron chi connectivity index (χ4n) is 1.93. The molecule has 87 valence electrons. The molecule has 2 aromatic rings. The van der Waals surface area contributed by atoms with Crippen molar-refractivity contribution in [3.05, 3.63) is 83.6 Å². The lowest BCUT2D eigenvalue weighted by Crippen LogP contribution is -2.02. The molecule has 0 N–H and O–H groups in total. The zero-order chi connectivity index (χ0) is 12.2. The van der Waals surface area contributed by atoms with Crippen LogP contribution in [0.25, 0.3) is 6.08 Å². The number of para-hydroxylation sites is 1. The van der Waals surface area contributed by atoms with Crippen LogP contribution in [0.2, 0.25) is 0 Å². The molecule has 3 rings (SSSR count). The van der Waals surface area contributed by atoms with Gasteiger partial charge in [0.15, 0.2) is 0 Å². The van der Waals surface area contributed by atoms with Crippen LogP contribution in [0, 0.1) is 6.07 Å². The van der Waals surface area contributed by atoms with Gasteiger partial charge in [-0.1, -0.05) is 54.6 Å². The maximum Gasteiger partial charge on any atom is 0.138 e. The van der Waals surface area contributed by atoms with E-state index in [0.717, 1.165) is 17.9 Å². The second kappa shape index (κ2) is 4.92. The Balaban J connectivity index is 1.77. The van der Waals surface area contributed by atoms with E-state index < -0.39 is 0 Å². The number of hydrogen-bond donors (Lipinski definition) is 0. The minimum atomic E-state index is 0.840. The average molecular weight is 233 g/mol. The lowest BCUT2D eigenvalue weighted by atomic mass is 10.1. The van der Waals surface area contributed by atoms with E-state index in [0.29, 0.717) is 0 Å². The summed E-state index contributed by atoms with van der Waals surface area (Å²) in [4.78, 5) is 0. The predicted molar refractivity (Wildman–Crippen MR) is 73.2 cm³/mol. The average Bonchev–Trinajstić information content (AvgIpc) is 2.46. The van der Waals surface area contributed by atoms with Crippen LogP contribution in [-0.4, -0.2) is 0 Å². The molecule has 0 fully saturated rings. The Hall–Kier alpha value is -2.28. The van der Waals surface area contributed by atoms with Gasteiger partial charge in [0.25, 0.3) is 0 Å². The van der Waals surface area contributed by atoms with E-state index in [1.54, 1.807) is 0 Å². The minimum absolute atomic E-state index is 0.840. The van der Waals surface area contributed by atoms with Crippen molar-refractivity contribution in [2.75, 3.05) is 0 Å². The molecule has 0 atom stereocenters. The molecule has 1 aliphatic heterocycles. The van der Waals surface area contributed by atoms with Gasteiger partial charge in [-0.2, -0.15) is 0 Å². The van der Waals surface area contributed by atoms with Gasteiger partial charge in [0.2, 0.25) is 0 Å². The molecular formula is C17H13O. The standard InChI is InChI=1S/C17H13O/c1-2-6-14(7-3-1)10-12-16-13-11-15-8-4-5-9-17(15)18-16/h1-8,10,12-13H,11H2/b12-10+. The van der Waals surface area contributed by atoms with Crippen LogP contribution in [-0.2, 0) is 6.42 Å². The molecule has 2 aromatic carbocycles. The minimum Gasteiger partial charge on any atom is -0.457 e. The Morgan fingerprint density at radius 2 is 1.89 bits per heavy atom. The summed E-state index contributed by atoms with van der Waals surface area (Å²) in [7, 11) is 0. The van der Waals surface area contributed by atoms with Gasteiger partial charge >= 0.3 is 0 Å². The van der Waals surface area contributed by atoms with Crippen molar-refractivity contribution in [3.8, 4) is 5.75 Å². The molecule has 1 radical (unpaired) electrons. The Morgan fingerprint density at radius 3 is 2.78 bits per heavy atom. The number of fused-ring (bicyclic) bond motifs is 1. The second-order valence-corrected chi connectivity index (χ2v) is 4.18. The molecule has 0 amide bonds. The summed E-state index contributed by atoms with van der Waals surface area (Å²) in [6.45, 7) is 0. The summed E-state index contributed by atoms with van der Waals surface area (Å²) in [6.07, 6.45) is 7.05. The number of ether oxygens (including phenoxy) is 1. The van der Waals surface area contributed by atoms with Gasteiger partial charge in [-0.25, -0.2) is 0 Å². The summed E-state index contributed by atoms with van der Waals surface area (Å²) in [5.41, 5.74) is 2.36. The predicted octanol–water partition coefficient (Wildman–Crippen LogP) is 4.02.